The van der Waals surface area contributed by atoms with E-state index in [2.05, 4.69) is 57.4 Å². The number of rotatable bonds is 3. The number of aromatic nitrogens is 2. The average molecular weight is 371 g/mol. The van der Waals surface area contributed by atoms with E-state index in [1.165, 1.54) is 5.57 Å². The smallest absolute Gasteiger partial charge is 0.814 e. The minimum absolute atomic E-state index is 0. The maximum absolute atomic E-state index is 7.44. The molecule has 0 atom stereocenters. The van der Waals surface area contributed by atoms with E-state index in [1.54, 1.807) is 6.92 Å². The molecular formula is C14H29N3PRu+. The summed E-state index contributed by atoms with van der Waals surface area (Å²) in [4.78, 5) is 4.66. The molecule has 0 saturated heterocycles. The first-order valence-corrected chi connectivity index (χ1v) is 7.79. The van der Waals surface area contributed by atoms with Crippen molar-refractivity contribution in [2.75, 3.05) is 0 Å². The molecule has 1 heterocycles. The van der Waals surface area contributed by atoms with Gasteiger partial charge in [0.25, 0.3) is 5.57 Å². The topological polar surface area (TPSA) is 40.1 Å². The molecule has 0 N–H and O–H groups in total. The van der Waals surface area contributed by atoms with Crippen molar-refractivity contribution in [1.82, 2.24) is 9.55 Å². The van der Waals surface area contributed by atoms with Gasteiger partial charge in [0, 0.05) is 13.2 Å². The molecule has 0 bridgehead atoms. The van der Waals surface area contributed by atoms with Gasteiger partial charge in [0.2, 0.25) is 0 Å². The molecule has 19 heavy (non-hydrogen) atoms. The Balaban J connectivity index is -0.000000468. The first-order chi connectivity index (χ1) is 7.84. The van der Waals surface area contributed by atoms with Crippen LogP contribution in [0.1, 0.15) is 40.3 Å². The Labute approximate surface area is 133 Å². The van der Waals surface area contributed by atoms with Gasteiger partial charge in [0.1, 0.15) is 0 Å². The Morgan fingerprint density at radius 3 is 1.84 bits per heavy atom. The molecule has 112 valence electrons. The van der Waals surface area contributed by atoms with Crippen LogP contribution >= 0.6 is 7.92 Å². The van der Waals surface area contributed by atoms with Crippen LogP contribution in [0.4, 0.5) is 0 Å². The molecule has 0 aliphatic heterocycles. The van der Waals surface area contributed by atoms with Crippen molar-refractivity contribution in [3.05, 3.63) is 24.7 Å². The molecule has 1 aromatic rings. The fourth-order valence-electron chi connectivity index (χ4n) is 2.07. The number of aryl methyl sites for hydroxylation is 2. The van der Waals surface area contributed by atoms with Gasteiger partial charge in [-0.1, -0.05) is 6.92 Å². The molecule has 0 radical (unpaired) electrons. The number of hydrogen-bond donors (Lipinski definition) is 0. The van der Waals surface area contributed by atoms with Crippen LogP contribution in [0.15, 0.2) is 6.20 Å². The Bertz CT molecular complexity index is 340. The second kappa shape index (κ2) is 11.7. The molecule has 1 rings (SSSR count). The number of imidazole rings is 1. The Kier molecular flexibility index (Phi) is 14.8. The molecule has 3 nitrogen and oxygen atoms in total. The van der Waals surface area contributed by atoms with E-state index in [1.807, 2.05) is 0 Å². The van der Waals surface area contributed by atoms with Crippen LogP contribution in [0.3, 0.4) is 0 Å². The summed E-state index contributed by atoms with van der Waals surface area (Å²) < 4.78 is 2.21. The van der Waals surface area contributed by atoms with E-state index in [-0.39, 0.29) is 26.9 Å². The molecule has 0 aliphatic rings. The van der Waals surface area contributed by atoms with E-state index in [0.29, 0.717) is 0 Å². The summed E-state index contributed by atoms with van der Waals surface area (Å²) in [5, 5.41) is 7.44. The molecule has 0 aliphatic carbocycles. The largest absolute Gasteiger partial charge is 2.00 e. The molecule has 0 saturated carbocycles. The zero-order valence-corrected chi connectivity index (χ0v) is 16.2. The summed E-state index contributed by atoms with van der Waals surface area (Å²) in [6, 6.07) is 0. The monoisotopic (exact) mass is 372 g/mol. The minimum Gasteiger partial charge on any atom is -0.814 e. The first-order valence-electron chi connectivity index (χ1n) is 6.14. The molecular weight excluding hydrogens is 342 g/mol. The normalized spacial score (nSPS) is 9.58. The van der Waals surface area contributed by atoms with Crippen LogP contribution in [0.2, 0.25) is 0 Å². The van der Waals surface area contributed by atoms with Gasteiger partial charge >= 0.3 is 19.5 Å². The quantitative estimate of drug-likeness (QED) is 0.347. The zero-order chi connectivity index (χ0) is 13.6. The van der Waals surface area contributed by atoms with Crippen molar-refractivity contribution in [2.45, 2.75) is 52.9 Å². The second-order valence-corrected chi connectivity index (χ2v) is 8.51. The third-order valence-corrected chi connectivity index (χ3v) is 5.97. The van der Waals surface area contributed by atoms with Gasteiger partial charge in [-0.2, -0.15) is 0 Å². The van der Waals surface area contributed by atoms with Crippen LogP contribution in [0.25, 0.3) is 5.41 Å². The summed E-state index contributed by atoms with van der Waals surface area (Å²) in [5.74, 6) is 0. The van der Waals surface area contributed by atoms with Crippen molar-refractivity contribution in [3.8, 4) is 0 Å². The molecule has 1 aromatic heterocycles. The van der Waals surface area contributed by atoms with E-state index < -0.39 is 7.92 Å². The number of hydrogen-bond acceptors (Lipinski definition) is 1. The Morgan fingerprint density at radius 2 is 1.63 bits per heavy atom. The van der Waals surface area contributed by atoms with Crippen molar-refractivity contribution < 1.29 is 19.5 Å². The molecule has 0 aromatic carbocycles. The van der Waals surface area contributed by atoms with E-state index in [4.69, 9.17) is 5.41 Å². The van der Waals surface area contributed by atoms with Gasteiger partial charge < -0.3 is 17.4 Å². The van der Waals surface area contributed by atoms with Crippen molar-refractivity contribution >= 4 is 19.7 Å². The fraction of sp³-hybridized carbons (Fsp3) is 0.643. The van der Waals surface area contributed by atoms with Gasteiger partial charge in [0.05, 0.1) is 24.9 Å². The number of nitrogens with zero attached hydrogens (tertiary/aromatic N) is 3. The maximum Gasteiger partial charge on any atom is 2.00 e. The van der Waals surface area contributed by atoms with Crippen LogP contribution in [-0.2, 0) is 26.5 Å². The molecule has 0 amide bonds. The Morgan fingerprint density at radius 1 is 1.26 bits per heavy atom. The van der Waals surface area contributed by atoms with Crippen LogP contribution < -0.4 is 5.57 Å². The van der Waals surface area contributed by atoms with E-state index >= 15 is 0 Å². The molecule has 5 heteroatoms. The van der Waals surface area contributed by atoms with E-state index in [0.717, 1.165) is 23.2 Å². The molecule has 0 fully saturated rings. The summed E-state index contributed by atoms with van der Waals surface area (Å²) >= 11 is 0. The summed E-state index contributed by atoms with van der Waals surface area (Å²) in [7, 11) is 1.60. The van der Waals surface area contributed by atoms with E-state index in [9.17, 15) is 0 Å². The SMILES string of the molecule is CC=[N-].Cc1cn(C)c([PH+](C(C)C)C(C)C)n1.[CH3-].[Ru+2]. The summed E-state index contributed by atoms with van der Waals surface area (Å²) in [6.45, 7) is 12.9. The average Bonchev–Trinajstić information content (AvgIpc) is 2.45. The maximum atomic E-state index is 7.44. The van der Waals surface area contributed by atoms with Gasteiger partial charge in [-0.25, -0.2) is 11.2 Å². The van der Waals surface area contributed by atoms with Gasteiger partial charge in [-0.05, 0) is 34.6 Å². The van der Waals surface area contributed by atoms with Crippen LogP contribution in [0, 0.1) is 14.4 Å². The standard InChI is InChI=1S/C11H21N2P.C2H4N.CH3.Ru/c1-8(2)14(9(3)4)11-12-10(5)7-13(11)6;1-2-3;;/h7-9H,1-6H3;2H,1H3;1H3;/q;2*-1;+2/p+1. The van der Waals surface area contributed by atoms with Gasteiger partial charge in [0.15, 0.2) is 0 Å². The van der Waals surface area contributed by atoms with Gasteiger partial charge in [-0.15, -0.1) is 0 Å². The van der Waals surface area contributed by atoms with Crippen molar-refractivity contribution in [3.63, 3.8) is 0 Å². The van der Waals surface area contributed by atoms with Crippen LogP contribution in [-0.4, -0.2) is 27.1 Å². The second-order valence-electron chi connectivity index (χ2n) is 4.84. The Hall–Kier alpha value is -0.0666. The van der Waals surface area contributed by atoms with Gasteiger partial charge in [-0.3, -0.25) is 0 Å². The van der Waals surface area contributed by atoms with Crippen molar-refractivity contribution in [2.24, 2.45) is 7.05 Å². The third-order valence-electron chi connectivity index (χ3n) is 2.50. The first kappa shape index (κ1) is 24.0. The fourth-order valence-corrected chi connectivity index (χ4v) is 5.21. The predicted octanol–water partition coefficient (Wildman–Crippen LogP) is 3.48. The predicted molar refractivity (Wildman–Crippen MR) is 87.7 cm³/mol. The summed E-state index contributed by atoms with van der Waals surface area (Å²) in [6.07, 6.45) is 3.13. The van der Waals surface area contributed by atoms with Crippen LogP contribution in [0.5, 0.6) is 0 Å². The molecule has 0 unspecified atom stereocenters. The minimum atomic E-state index is -0.514. The van der Waals surface area contributed by atoms with Crippen molar-refractivity contribution in [1.29, 1.82) is 0 Å². The molecule has 0 spiro atoms. The summed E-state index contributed by atoms with van der Waals surface area (Å²) in [5.41, 5.74) is 3.98. The third kappa shape index (κ3) is 7.95. The zero-order valence-electron chi connectivity index (χ0n) is 13.5.